The number of anilines is 1. The third kappa shape index (κ3) is 3.61. The van der Waals surface area contributed by atoms with Crippen LogP contribution in [0.1, 0.15) is 46.3 Å². The van der Waals surface area contributed by atoms with Crippen molar-refractivity contribution in [3.63, 3.8) is 0 Å². The Morgan fingerprint density at radius 1 is 1.03 bits per heavy atom. The van der Waals surface area contributed by atoms with Crippen molar-refractivity contribution in [2.45, 2.75) is 50.7 Å². The van der Waals surface area contributed by atoms with E-state index in [1.807, 2.05) is 6.07 Å². The van der Waals surface area contributed by atoms with Crippen molar-refractivity contribution in [1.29, 1.82) is 0 Å². The van der Waals surface area contributed by atoms with Crippen LogP contribution < -0.4 is 4.90 Å². The molecule has 3 aliphatic rings. The van der Waals surface area contributed by atoms with E-state index in [0.29, 0.717) is 17.8 Å². The first-order valence-corrected chi connectivity index (χ1v) is 10.4. The molecule has 0 aromatic heterocycles. The Morgan fingerprint density at radius 2 is 1.80 bits per heavy atom. The molecule has 4 nitrogen and oxygen atoms in total. The second kappa shape index (κ2) is 7.39. The molecule has 2 aromatic rings. The largest absolute Gasteiger partial charge is 0.416 e. The third-order valence-corrected chi connectivity index (χ3v) is 6.31. The summed E-state index contributed by atoms with van der Waals surface area (Å²) in [5, 5.41) is 0. The quantitative estimate of drug-likeness (QED) is 0.732. The molecule has 5 rings (SSSR count). The molecule has 2 atom stereocenters. The van der Waals surface area contributed by atoms with Crippen molar-refractivity contribution >= 4 is 11.6 Å². The minimum absolute atomic E-state index is 0.0609. The molecule has 2 fully saturated rings. The first-order valence-electron chi connectivity index (χ1n) is 10.4. The van der Waals surface area contributed by atoms with Gasteiger partial charge in [0.2, 0.25) is 0 Å². The maximum absolute atomic E-state index is 13.9. The van der Waals surface area contributed by atoms with Crippen LogP contribution in [0.25, 0.3) is 0 Å². The van der Waals surface area contributed by atoms with Crippen molar-refractivity contribution in [2.24, 2.45) is 0 Å². The van der Waals surface area contributed by atoms with E-state index in [1.165, 1.54) is 11.0 Å². The smallest absolute Gasteiger partial charge is 0.374 e. The van der Waals surface area contributed by atoms with Gasteiger partial charge in [-0.1, -0.05) is 18.2 Å². The number of hydrogen-bond donors (Lipinski definition) is 0. The van der Waals surface area contributed by atoms with Gasteiger partial charge in [0.15, 0.2) is 0 Å². The molecule has 30 heavy (non-hydrogen) atoms. The topological polar surface area (TPSA) is 32.8 Å². The van der Waals surface area contributed by atoms with Gasteiger partial charge in [-0.25, -0.2) is 0 Å². The summed E-state index contributed by atoms with van der Waals surface area (Å²) in [6, 6.07) is 11.7. The fourth-order valence-corrected chi connectivity index (χ4v) is 4.86. The molecule has 158 valence electrons. The summed E-state index contributed by atoms with van der Waals surface area (Å²) in [6.07, 6.45) is -1.11. The zero-order chi connectivity index (χ0) is 20.9. The molecule has 3 aliphatic heterocycles. The number of amides is 1. The number of hydrogen-bond acceptors (Lipinski definition) is 3. The second-order valence-electron chi connectivity index (χ2n) is 8.38. The van der Waals surface area contributed by atoms with Gasteiger partial charge in [-0.15, -0.1) is 0 Å². The lowest BCUT2D eigenvalue weighted by atomic mass is 9.98. The Bertz CT molecular complexity index is 961. The lowest BCUT2D eigenvalue weighted by Crippen LogP contribution is -2.31. The van der Waals surface area contributed by atoms with E-state index in [4.69, 9.17) is 4.74 Å². The van der Waals surface area contributed by atoms with Gasteiger partial charge in [0, 0.05) is 30.9 Å². The molecular weight excluding hydrogens is 393 g/mol. The molecule has 0 N–H and O–H groups in total. The zero-order valence-electron chi connectivity index (χ0n) is 16.5. The van der Waals surface area contributed by atoms with Gasteiger partial charge in [0.25, 0.3) is 5.91 Å². The van der Waals surface area contributed by atoms with Crippen LogP contribution in [0.5, 0.6) is 0 Å². The van der Waals surface area contributed by atoms with Gasteiger partial charge in [-0.3, -0.25) is 9.69 Å². The number of benzene rings is 2. The minimum atomic E-state index is -4.51. The average molecular weight is 416 g/mol. The van der Waals surface area contributed by atoms with E-state index in [0.717, 1.165) is 32.4 Å². The predicted molar refractivity (Wildman–Crippen MR) is 106 cm³/mol. The number of ether oxygens (including phenoxy) is 1. The fraction of sp³-hybridized carbons (Fsp3) is 0.435. The summed E-state index contributed by atoms with van der Waals surface area (Å²) in [4.78, 5) is 16.6. The van der Waals surface area contributed by atoms with Gasteiger partial charge in [-0.05, 0) is 54.7 Å². The number of halogens is 3. The van der Waals surface area contributed by atoms with Crippen molar-refractivity contribution in [2.75, 3.05) is 18.0 Å². The predicted octanol–water partition coefficient (Wildman–Crippen LogP) is 4.62. The van der Waals surface area contributed by atoms with E-state index in [-0.39, 0.29) is 35.8 Å². The van der Waals surface area contributed by atoms with Gasteiger partial charge in [0.1, 0.15) is 0 Å². The van der Waals surface area contributed by atoms with Gasteiger partial charge < -0.3 is 9.64 Å². The fourth-order valence-electron chi connectivity index (χ4n) is 4.86. The first-order chi connectivity index (χ1) is 14.4. The van der Waals surface area contributed by atoms with E-state index in [2.05, 4.69) is 4.90 Å². The van der Waals surface area contributed by atoms with Crippen LogP contribution in [0.2, 0.25) is 0 Å². The molecule has 7 heteroatoms. The van der Waals surface area contributed by atoms with Crippen LogP contribution in [0.15, 0.2) is 42.5 Å². The SMILES string of the molecule is O=C1c2cc(CN3CCC4CCC(C3)O4)cc(C(F)(F)F)c2CN1c1ccccc1. The van der Waals surface area contributed by atoms with E-state index in [9.17, 15) is 18.0 Å². The molecule has 3 heterocycles. The van der Waals surface area contributed by atoms with E-state index >= 15 is 0 Å². The van der Waals surface area contributed by atoms with Crippen LogP contribution in [0, 0.1) is 0 Å². The molecule has 2 bridgehead atoms. The number of para-hydroxylation sites is 1. The van der Waals surface area contributed by atoms with E-state index < -0.39 is 11.7 Å². The maximum atomic E-state index is 13.9. The van der Waals surface area contributed by atoms with Crippen molar-refractivity contribution in [3.8, 4) is 0 Å². The van der Waals surface area contributed by atoms with Crippen LogP contribution in [-0.4, -0.2) is 36.1 Å². The monoisotopic (exact) mass is 416 g/mol. The summed E-state index contributed by atoms with van der Waals surface area (Å²) in [5.41, 5.74) is 0.667. The molecule has 0 radical (unpaired) electrons. The molecule has 2 saturated heterocycles. The molecule has 0 saturated carbocycles. The van der Waals surface area contributed by atoms with Crippen LogP contribution in [-0.2, 0) is 24.0 Å². The highest BCUT2D eigenvalue weighted by molar-refractivity contribution is 6.10. The summed E-state index contributed by atoms with van der Waals surface area (Å²) in [5.74, 6) is -0.373. The first kappa shape index (κ1) is 19.6. The van der Waals surface area contributed by atoms with Crippen LogP contribution >= 0.6 is 0 Å². The maximum Gasteiger partial charge on any atom is 0.416 e. The molecule has 2 aromatic carbocycles. The number of alkyl halides is 3. The Balaban J connectivity index is 1.47. The summed E-state index contributed by atoms with van der Waals surface area (Å²) in [7, 11) is 0. The lowest BCUT2D eigenvalue weighted by molar-refractivity contribution is -0.138. The molecular formula is C23H23F3N2O2. The lowest BCUT2D eigenvalue weighted by Gasteiger charge is -2.24. The van der Waals surface area contributed by atoms with Gasteiger partial charge in [0.05, 0.1) is 24.3 Å². The van der Waals surface area contributed by atoms with E-state index in [1.54, 1.807) is 30.3 Å². The Labute approximate surface area is 173 Å². The summed E-state index contributed by atoms with van der Waals surface area (Å²) in [6.45, 7) is 1.85. The minimum Gasteiger partial charge on any atom is -0.374 e. The second-order valence-corrected chi connectivity index (χ2v) is 8.38. The van der Waals surface area contributed by atoms with Crippen LogP contribution in [0.3, 0.4) is 0 Å². The zero-order valence-corrected chi connectivity index (χ0v) is 16.5. The molecule has 1 amide bonds. The van der Waals surface area contributed by atoms with Gasteiger partial charge in [-0.2, -0.15) is 13.2 Å². The highest BCUT2D eigenvalue weighted by atomic mass is 19.4. The number of nitrogens with zero attached hydrogens (tertiary/aromatic N) is 2. The standard InChI is InChI=1S/C23H23F3N2O2/c24-23(25,26)21-11-15(12-27-9-8-17-6-7-18(13-27)30-17)10-19-20(21)14-28(22(19)29)16-4-2-1-3-5-16/h1-5,10-11,17-18H,6-9,12-14H2. The van der Waals surface area contributed by atoms with Crippen molar-refractivity contribution < 1.29 is 22.7 Å². The molecule has 2 unspecified atom stereocenters. The summed E-state index contributed by atoms with van der Waals surface area (Å²) >= 11 is 0. The van der Waals surface area contributed by atoms with Crippen molar-refractivity contribution in [1.82, 2.24) is 4.90 Å². The molecule has 0 aliphatic carbocycles. The Morgan fingerprint density at radius 3 is 2.57 bits per heavy atom. The Hall–Kier alpha value is -2.38. The van der Waals surface area contributed by atoms with Gasteiger partial charge >= 0.3 is 6.18 Å². The Kier molecular flexibility index (Phi) is 4.82. The number of fused-ring (bicyclic) bond motifs is 3. The number of rotatable bonds is 3. The highest BCUT2D eigenvalue weighted by Crippen LogP contribution is 2.40. The van der Waals surface area contributed by atoms with Crippen molar-refractivity contribution in [3.05, 3.63) is 64.7 Å². The summed E-state index contributed by atoms with van der Waals surface area (Å²) < 4.78 is 47.6. The number of carbonyl (C=O) groups excluding carboxylic acids is 1. The highest BCUT2D eigenvalue weighted by Gasteiger charge is 2.40. The van der Waals surface area contributed by atoms with Crippen LogP contribution in [0.4, 0.5) is 18.9 Å². The number of carbonyl (C=O) groups is 1. The average Bonchev–Trinajstić information content (AvgIpc) is 3.23. The normalized spacial score (nSPS) is 24.2. The number of likely N-dealkylation sites (tertiary alicyclic amines) is 1. The third-order valence-electron chi connectivity index (χ3n) is 6.31. The molecule has 0 spiro atoms.